The van der Waals surface area contributed by atoms with E-state index in [0.29, 0.717) is 12.0 Å². The Hall–Kier alpha value is -3.43. The molecule has 2 aliphatic rings. The van der Waals surface area contributed by atoms with Gasteiger partial charge in [0.1, 0.15) is 32.7 Å². The van der Waals surface area contributed by atoms with Crippen molar-refractivity contribution < 1.29 is 38.7 Å². The molecule has 16 heteroatoms. The molecular weight excluding hydrogens is 550 g/mol. The number of aromatic nitrogens is 1. The molecule has 0 aromatic carbocycles. The molecule has 0 spiro atoms. The van der Waals surface area contributed by atoms with Gasteiger partial charge in [0, 0.05) is 5.75 Å². The maximum absolute atomic E-state index is 13.2. The summed E-state index contributed by atoms with van der Waals surface area (Å²) in [6.45, 7) is 7.93. The van der Waals surface area contributed by atoms with Gasteiger partial charge in [-0.25, -0.2) is 14.6 Å². The zero-order valence-electron chi connectivity index (χ0n) is 19.8. The van der Waals surface area contributed by atoms with E-state index < -0.39 is 53.1 Å². The number of thioether (sulfide) groups is 1. The molecule has 2 aliphatic heterocycles. The Morgan fingerprint density at radius 1 is 1.38 bits per heavy atom. The Labute approximate surface area is 223 Å². The van der Waals surface area contributed by atoms with Crippen LogP contribution < -0.4 is 10.6 Å². The van der Waals surface area contributed by atoms with Crippen LogP contribution in [0.15, 0.2) is 29.1 Å². The van der Waals surface area contributed by atoms with Gasteiger partial charge >= 0.3 is 11.9 Å². The van der Waals surface area contributed by atoms with Crippen LogP contribution in [0.2, 0.25) is 4.34 Å². The summed E-state index contributed by atoms with van der Waals surface area (Å²) in [6, 6.07) is -1.08. The molecule has 3 heterocycles. The van der Waals surface area contributed by atoms with Crippen molar-refractivity contribution in [2.24, 2.45) is 5.16 Å². The van der Waals surface area contributed by atoms with Gasteiger partial charge in [0.15, 0.2) is 10.8 Å². The van der Waals surface area contributed by atoms with E-state index in [-0.39, 0.29) is 26.6 Å². The topological polar surface area (TPSA) is 177 Å². The molecular formula is C21H22ClN5O8S2. The van der Waals surface area contributed by atoms with Crippen molar-refractivity contribution in [2.45, 2.75) is 37.8 Å². The summed E-state index contributed by atoms with van der Waals surface area (Å²) >= 11 is 8.28. The molecule has 3 N–H and O–H groups in total. The van der Waals surface area contributed by atoms with Crippen LogP contribution in [0.4, 0.5) is 5.13 Å². The molecule has 37 heavy (non-hydrogen) atoms. The minimum absolute atomic E-state index is 0.0283. The van der Waals surface area contributed by atoms with E-state index in [1.807, 2.05) is 0 Å². The highest BCUT2D eigenvalue weighted by atomic mass is 35.5. The first-order valence-electron chi connectivity index (χ1n) is 10.5. The second kappa shape index (κ2) is 11.3. The molecule has 0 aliphatic carbocycles. The Morgan fingerprint density at radius 3 is 2.68 bits per heavy atom. The Bertz CT molecular complexity index is 1220. The molecule has 13 nitrogen and oxygen atoms in total. The minimum atomic E-state index is -1.29. The lowest BCUT2D eigenvalue weighted by Gasteiger charge is -2.49. The van der Waals surface area contributed by atoms with E-state index >= 15 is 0 Å². The number of halogens is 1. The van der Waals surface area contributed by atoms with Gasteiger partial charge in [0.05, 0.1) is 0 Å². The number of thiazole rings is 1. The van der Waals surface area contributed by atoms with E-state index in [4.69, 9.17) is 21.2 Å². The summed E-state index contributed by atoms with van der Waals surface area (Å²) < 4.78 is 5.09. The monoisotopic (exact) mass is 571 g/mol. The Balaban J connectivity index is 1.83. The van der Waals surface area contributed by atoms with Crippen molar-refractivity contribution in [1.82, 2.24) is 15.2 Å². The molecule has 198 valence electrons. The zero-order chi connectivity index (χ0) is 27.5. The number of nitrogens with one attached hydrogen (secondary N) is 2. The molecule has 0 bridgehead atoms. The maximum Gasteiger partial charge on any atom is 0.352 e. The number of anilines is 1. The number of allylic oxidation sites excluding steroid dienone is 1. The number of hydrogen-bond donors (Lipinski definition) is 3. The van der Waals surface area contributed by atoms with Crippen LogP contribution >= 0.6 is 34.7 Å². The zero-order valence-corrected chi connectivity index (χ0v) is 22.2. The Kier molecular flexibility index (Phi) is 8.60. The normalized spacial score (nSPS) is 19.4. The summed E-state index contributed by atoms with van der Waals surface area (Å²) in [7, 11) is 0. The van der Waals surface area contributed by atoms with Crippen LogP contribution in [0.25, 0.3) is 0 Å². The van der Waals surface area contributed by atoms with E-state index in [2.05, 4.69) is 27.4 Å². The average molecular weight is 572 g/mol. The number of carbonyl (C=O) groups is 5. The number of carbonyl (C=O) groups excluding carboxylic acids is 4. The van der Waals surface area contributed by atoms with E-state index in [1.54, 1.807) is 20.8 Å². The second-order valence-corrected chi connectivity index (χ2v) is 11.2. The van der Waals surface area contributed by atoms with E-state index in [9.17, 15) is 29.1 Å². The van der Waals surface area contributed by atoms with Gasteiger partial charge in [-0.3, -0.25) is 19.3 Å². The molecule has 0 saturated carbocycles. The predicted molar refractivity (Wildman–Crippen MR) is 135 cm³/mol. The number of ether oxygens (including phenoxy) is 1. The third-order valence-electron chi connectivity index (χ3n) is 4.70. The number of amides is 3. The van der Waals surface area contributed by atoms with Crippen LogP contribution in [0, 0.1) is 0 Å². The fourth-order valence-corrected chi connectivity index (χ4v) is 5.63. The largest absolute Gasteiger partial charge is 0.477 e. The highest BCUT2D eigenvalue weighted by molar-refractivity contribution is 8.00. The number of esters is 1. The number of hydrogen-bond acceptors (Lipinski definition) is 11. The molecule has 2 atom stereocenters. The highest BCUT2D eigenvalue weighted by Gasteiger charge is 2.54. The fourth-order valence-electron chi connectivity index (χ4n) is 3.28. The SMILES string of the molecule is C=CC1=C(C(=O)O)N2C(=O)C(NC(=O)/C(=N\OCC(=O)OC(C)(C)C)c3nc(NC=O)sc3Cl)[C@H]2SC1. The molecule has 1 saturated heterocycles. The molecule has 0 radical (unpaired) electrons. The van der Waals surface area contributed by atoms with Gasteiger partial charge in [0.25, 0.3) is 11.8 Å². The fraction of sp³-hybridized carbons (Fsp3) is 0.381. The molecule has 1 fully saturated rings. The van der Waals surface area contributed by atoms with E-state index in [1.165, 1.54) is 17.8 Å². The van der Waals surface area contributed by atoms with Crippen molar-refractivity contribution in [1.29, 1.82) is 0 Å². The van der Waals surface area contributed by atoms with Crippen molar-refractivity contribution in [2.75, 3.05) is 17.7 Å². The Morgan fingerprint density at radius 2 is 2.08 bits per heavy atom. The van der Waals surface area contributed by atoms with Crippen LogP contribution in [0.3, 0.4) is 0 Å². The first-order valence-corrected chi connectivity index (χ1v) is 12.7. The summed E-state index contributed by atoms with van der Waals surface area (Å²) in [6.07, 6.45) is 1.73. The molecule has 1 aromatic rings. The highest BCUT2D eigenvalue weighted by Crippen LogP contribution is 2.40. The number of aliphatic carboxylic acids is 1. The smallest absolute Gasteiger partial charge is 0.352 e. The first-order chi connectivity index (χ1) is 17.4. The van der Waals surface area contributed by atoms with Crippen molar-refractivity contribution in [3.63, 3.8) is 0 Å². The lowest BCUT2D eigenvalue weighted by atomic mass is 10.0. The van der Waals surface area contributed by atoms with Crippen LogP contribution in [0.1, 0.15) is 26.5 Å². The summed E-state index contributed by atoms with van der Waals surface area (Å²) in [5.41, 5.74) is -1.24. The van der Waals surface area contributed by atoms with Gasteiger partial charge in [-0.05, 0) is 26.3 Å². The lowest BCUT2D eigenvalue weighted by Crippen LogP contribution is -2.71. The number of β-lactam (4-membered cyclic amide) rings is 1. The van der Waals surface area contributed by atoms with Gasteiger partial charge in [-0.1, -0.05) is 40.7 Å². The molecule has 3 amide bonds. The summed E-state index contributed by atoms with van der Waals surface area (Å²) in [5.74, 6) is -3.35. The van der Waals surface area contributed by atoms with Gasteiger partial charge in [0.2, 0.25) is 13.0 Å². The lowest BCUT2D eigenvalue weighted by molar-refractivity contribution is -0.160. The van der Waals surface area contributed by atoms with Crippen LogP contribution in [-0.2, 0) is 33.5 Å². The molecule has 1 unspecified atom stereocenters. The summed E-state index contributed by atoms with van der Waals surface area (Å²) in [4.78, 5) is 70.6. The van der Waals surface area contributed by atoms with Crippen molar-refractivity contribution in [3.05, 3.63) is 34.0 Å². The van der Waals surface area contributed by atoms with Crippen LogP contribution in [0.5, 0.6) is 0 Å². The number of fused-ring (bicyclic) bond motifs is 1. The van der Waals surface area contributed by atoms with Crippen LogP contribution in [-0.4, -0.2) is 80.2 Å². The van der Waals surface area contributed by atoms with Crippen molar-refractivity contribution in [3.8, 4) is 0 Å². The van der Waals surface area contributed by atoms with Gasteiger partial charge < -0.3 is 25.3 Å². The number of rotatable bonds is 10. The number of carboxylic acids is 1. The number of carboxylic acid groups (broad SMARTS) is 1. The number of oxime groups is 1. The summed E-state index contributed by atoms with van der Waals surface area (Å²) in [5, 5.41) is 17.4. The third kappa shape index (κ3) is 6.29. The molecule has 1 aromatic heterocycles. The second-order valence-electron chi connectivity index (χ2n) is 8.45. The van der Waals surface area contributed by atoms with Gasteiger partial charge in [-0.15, -0.1) is 11.8 Å². The first kappa shape index (κ1) is 28.1. The van der Waals surface area contributed by atoms with Gasteiger partial charge in [-0.2, -0.15) is 0 Å². The third-order valence-corrected chi connectivity index (χ3v) is 7.19. The average Bonchev–Trinajstić information content (AvgIpc) is 3.17. The van der Waals surface area contributed by atoms with E-state index in [0.717, 1.165) is 16.2 Å². The van der Waals surface area contributed by atoms with Crippen molar-refractivity contribution >= 4 is 75.7 Å². The molecule has 3 rings (SSSR count). The minimum Gasteiger partial charge on any atom is -0.477 e. The predicted octanol–water partition coefficient (Wildman–Crippen LogP) is 1.35. The standard InChI is InChI=1S/C21H22ClN5O8S2/c1-5-9-7-36-18-13(17(31)27(18)14(9)19(32)33)24-16(30)12(11-15(22)37-20(25-11)23-8-28)26-34-6-10(29)35-21(2,3)4/h5,8,13,18H,1,6-7H2,2-4H3,(H,24,30)(H,32,33)(H,23,25,28)/b26-12-/t13?,18-/m1/s1. The number of nitrogens with zero attached hydrogens (tertiary/aromatic N) is 3. The maximum atomic E-state index is 13.2. The quantitative estimate of drug-likeness (QED) is 0.122.